The Kier molecular flexibility index (Phi) is 5.46. The minimum absolute atomic E-state index is 0.142. The lowest BCUT2D eigenvalue weighted by Crippen LogP contribution is -2.03. The Hall–Kier alpha value is -2.97. The first-order chi connectivity index (χ1) is 14.1. The second-order valence-corrected chi connectivity index (χ2v) is 7.17. The lowest BCUT2D eigenvalue weighted by atomic mass is 10.2. The number of oxime groups is 1. The maximum atomic E-state index is 9.17. The Morgan fingerprint density at radius 1 is 1.21 bits per heavy atom. The third kappa shape index (κ3) is 3.81. The molecule has 0 fully saturated rings. The monoisotopic (exact) mass is 412 g/mol. The number of benzene rings is 1. The number of aliphatic hydroxyl groups excluding tert-OH is 1. The molecule has 4 aromatic rings. The van der Waals surface area contributed by atoms with Crippen molar-refractivity contribution in [2.45, 2.75) is 33.4 Å². The van der Waals surface area contributed by atoms with Crippen LogP contribution in [0.3, 0.4) is 0 Å². The lowest BCUT2D eigenvalue weighted by Gasteiger charge is -2.05. The zero-order valence-electron chi connectivity index (χ0n) is 16.2. The van der Waals surface area contributed by atoms with Crippen LogP contribution in [0.5, 0.6) is 0 Å². The molecule has 0 aliphatic rings. The molecule has 29 heavy (non-hydrogen) atoms. The summed E-state index contributed by atoms with van der Waals surface area (Å²) in [6, 6.07) is 7.30. The van der Waals surface area contributed by atoms with Gasteiger partial charge in [-0.15, -0.1) is 5.10 Å². The first-order valence-electron chi connectivity index (χ1n) is 9.30. The van der Waals surface area contributed by atoms with Crippen LogP contribution in [0.15, 0.2) is 35.7 Å². The van der Waals surface area contributed by atoms with Crippen LogP contribution in [0.4, 0.5) is 0 Å². The normalized spacial score (nSPS) is 11.9. The van der Waals surface area contributed by atoms with E-state index in [0.717, 1.165) is 33.5 Å². The van der Waals surface area contributed by atoms with Crippen molar-refractivity contribution < 1.29 is 9.94 Å². The van der Waals surface area contributed by atoms with Gasteiger partial charge >= 0.3 is 0 Å². The van der Waals surface area contributed by atoms with E-state index in [0.29, 0.717) is 23.8 Å². The summed E-state index contributed by atoms with van der Waals surface area (Å²) in [6.45, 7) is 5.10. The number of aryl methyl sites for hydroxylation is 2. The quantitative estimate of drug-likeness (QED) is 0.371. The highest BCUT2D eigenvalue weighted by Crippen LogP contribution is 2.27. The van der Waals surface area contributed by atoms with Crippen molar-refractivity contribution in [1.29, 1.82) is 0 Å². The number of nitrogens with zero attached hydrogens (tertiary/aromatic N) is 6. The summed E-state index contributed by atoms with van der Waals surface area (Å²) in [5.41, 5.74) is 4.69. The molecular formula is C20H21ClN6O2. The fourth-order valence-corrected chi connectivity index (χ4v) is 3.41. The van der Waals surface area contributed by atoms with Gasteiger partial charge in [0.15, 0.2) is 18.1 Å². The van der Waals surface area contributed by atoms with Gasteiger partial charge in [0, 0.05) is 23.9 Å². The van der Waals surface area contributed by atoms with E-state index in [1.165, 1.54) is 0 Å². The maximum absolute atomic E-state index is 9.17. The number of halogens is 1. The first-order valence-corrected chi connectivity index (χ1v) is 9.67. The number of aliphatic hydroxyl groups is 1. The predicted octanol–water partition coefficient (Wildman–Crippen LogP) is 3.28. The minimum Gasteiger partial charge on any atom is -0.396 e. The fourth-order valence-electron chi connectivity index (χ4n) is 3.28. The Labute approximate surface area is 172 Å². The molecule has 1 N–H and O–H groups in total. The summed E-state index contributed by atoms with van der Waals surface area (Å²) >= 11 is 5.87. The number of hydrogen-bond donors (Lipinski definition) is 1. The molecule has 0 aliphatic carbocycles. The largest absolute Gasteiger partial charge is 0.396 e. The van der Waals surface area contributed by atoms with Crippen molar-refractivity contribution in [1.82, 2.24) is 24.1 Å². The zero-order valence-corrected chi connectivity index (χ0v) is 17.0. The minimum atomic E-state index is 0.142. The Morgan fingerprint density at radius 3 is 2.76 bits per heavy atom. The fraction of sp³-hybridized carbons (Fsp3) is 0.300. The highest BCUT2D eigenvalue weighted by molar-refractivity contribution is 6.30. The van der Waals surface area contributed by atoms with Gasteiger partial charge in [0.05, 0.1) is 11.6 Å². The maximum Gasteiger partial charge on any atom is 0.192 e. The van der Waals surface area contributed by atoms with Gasteiger partial charge in [-0.2, -0.15) is 0 Å². The number of rotatable bonds is 7. The molecule has 0 bridgehead atoms. The van der Waals surface area contributed by atoms with Crippen LogP contribution in [-0.4, -0.2) is 42.1 Å². The second-order valence-electron chi connectivity index (χ2n) is 6.74. The Balaban J connectivity index is 1.57. The highest BCUT2D eigenvalue weighted by atomic mass is 35.5. The first kappa shape index (κ1) is 19.4. The summed E-state index contributed by atoms with van der Waals surface area (Å²) in [5, 5.41) is 19.2. The molecule has 0 unspecified atom stereocenters. The van der Waals surface area contributed by atoms with Gasteiger partial charge in [0.2, 0.25) is 0 Å². The molecule has 1 aromatic carbocycles. The predicted molar refractivity (Wildman–Crippen MR) is 111 cm³/mol. The van der Waals surface area contributed by atoms with Crippen LogP contribution >= 0.6 is 11.6 Å². The lowest BCUT2D eigenvalue weighted by molar-refractivity contribution is 0.126. The smallest absolute Gasteiger partial charge is 0.192 e. The molecule has 0 aliphatic heterocycles. The van der Waals surface area contributed by atoms with Crippen molar-refractivity contribution in [3.8, 4) is 0 Å². The van der Waals surface area contributed by atoms with Gasteiger partial charge < -0.3 is 14.5 Å². The van der Waals surface area contributed by atoms with E-state index in [-0.39, 0.29) is 13.2 Å². The van der Waals surface area contributed by atoms with Crippen molar-refractivity contribution in [2.24, 2.45) is 5.16 Å². The van der Waals surface area contributed by atoms with E-state index in [1.54, 1.807) is 29.2 Å². The summed E-state index contributed by atoms with van der Waals surface area (Å²) in [7, 11) is 0. The van der Waals surface area contributed by atoms with Crippen LogP contribution in [0.2, 0.25) is 5.02 Å². The van der Waals surface area contributed by atoms with Gasteiger partial charge in [0.25, 0.3) is 0 Å². The van der Waals surface area contributed by atoms with Crippen molar-refractivity contribution >= 4 is 34.5 Å². The number of fused-ring (bicyclic) bond motifs is 3. The molecule has 0 amide bonds. The molecule has 3 heterocycles. The van der Waals surface area contributed by atoms with Crippen LogP contribution in [0.1, 0.15) is 29.1 Å². The summed E-state index contributed by atoms with van der Waals surface area (Å²) < 4.78 is 3.77. The average molecular weight is 413 g/mol. The standard InChI is InChI=1S/C20H21ClN6O2/c1-13-14(2)26(8-3-9-28)19-18(13)20-24-17(25-27(20)12-22-19)11-29-23-10-15-4-6-16(21)7-5-15/h4-7,10,12,28H,3,8-9,11H2,1-2H3. The molecule has 0 saturated heterocycles. The third-order valence-electron chi connectivity index (χ3n) is 4.87. The average Bonchev–Trinajstić information content (AvgIpc) is 3.24. The van der Waals surface area contributed by atoms with E-state index >= 15 is 0 Å². The SMILES string of the molecule is Cc1c(C)n(CCCO)c2ncn3nc(CON=Cc4ccc(Cl)cc4)nc3c12. The third-order valence-corrected chi connectivity index (χ3v) is 5.12. The van der Waals surface area contributed by atoms with Gasteiger partial charge in [-0.1, -0.05) is 28.9 Å². The second kappa shape index (κ2) is 8.18. The van der Waals surface area contributed by atoms with E-state index in [9.17, 15) is 0 Å². The Bertz CT molecular complexity index is 1180. The van der Waals surface area contributed by atoms with Gasteiger partial charge in [0.1, 0.15) is 12.0 Å². The summed E-state index contributed by atoms with van der Waals surface area (Å²) in [5.74, 6) is 0.521. The molecule has 4 rings (SSSR count). The molecule has 0 radical (unpaired) electrons. The van der Waals surface area contributed by atoms with E-state index < -0.39 is 0 Å². The molecule has 0 atom stereocenters. The highest BCUT2D eigenvalue weighted by Gasteiger charge is 2.17. The summed E-state index contributed by atoms with van der Waals surface area (Å²) in [6.07, 6.45) is 3.94. The van der Waals surface area contributed by atoms with Crippen molar-refractivity contribution in [3.05, 3.63) is 58.3 Å². The Morgan fingerprint density at radius 2 is 2.00 bits per heavy atom. The summed E-state index contributed by atoms with van der Waals surface area (Å²) in [4.78, 5) is 14.5. The molecule has 8 nitrogen and oxygen atoms in total. The van der Waals surface area contributed by atoms with Crippen LogP contribution in [-0.2, 0) is 18.0 Å². The van der Waals surface area contributed by atoms with Crippen molar-refractivity contribution in [3.63, 3.8) is 0 Å². The van der Waals surface area contributed by atoms with Crippen molar-refractivity contribution in [2.75, 3.05) is 6.61 Å². The molecule has 9 heteroatoms. The van der Waals surface area contributed by atoms with E-state index in [4.69, 9.17) is 21.5 Å². The van der Waals surface area contributed by atoms with E-state index in [1.807, 2.05) is 12.1 Å². The van der Waals surface area contributed by atoms with Gasteiger partial charge in [-0.3, -0.25) is 0 Å². The van der Waals surface area contributed by atoms with Gasteiger partial charge in [-0.05, 0) is 43.5 Å². The van der Waals surface area contributed by atoms with E-state index in [2.05, 4.69) is 38.6 Å². The number of aromatic nitrogens is 5. The molecular weight excluding hydrogens is 392 g/mol. The zero-order chi connectivity index (χ0) is 20.4. The molecule has 0 spiro atoms. The van der Waals surface area contributed by atoms with Crippen LogP contribution in [0.25, 0.3) is 16.7 Å². The van der Waals surface area contributed by atoms with Gasteiger partial charge in [-0.25, -0.2) is 14.5 Å². The number of hydrogen-bond acceptors (Lipinski definition) is 6. The molecule has 0 saturated carbocycles. The van der Waals surface area contributed by atoms with Crippen LogP contribution in [0, 0.1) is 13.8 Å². The van der Waals surface area contributed by atoms with Crippen LogP contribution < -0.4 is 0 Å². The topological polar surface area (TPSA) is 89.8 Å². The molecule has 150 valence electrons. The molecule has 3 aromatic heterocycles.